The molecule has 5 heteroatoms. The lowest BCUT2D eigenvalue weighted by atomic mass is 10.1. The van der Waals surface area contributed by atoms with E-state index in [1.165, 1.54) is 6.07 Å². The molecule has 0 spiro atoms. The summed E-state index contributed by atoms with van der Waals surface area (Å²) in [5, 5.41) is 6.81. The van der Waals surface area contributed by atoms with E-state index >= 15 is 0 Å². The first-order chi connectivity index (χ1) is 10.0. The van der Waals surface area contributed by atoms with Crippen molar-refractivity contribution >= 4 is 22.6 Å². The van der Waals surface area contributed by atoms with Gasteiger partial charge in [-0.3, -0.25) is 10.1 Å². The molecule has 0 bridgehead atoms. The van der Waals surface area contributed by atoms with Crippen molar-refractivity contribution < 1.29 is 9.21 Å². The molecule has 0 radical (unpaired) electrons. The SMILES string of the molecule is Cc1cc2oc(=O)cc(C)c2cc1NC(=O)C1C=CCN1. The van der Waals surface area contributed by atoms with Gasteiger partial charge in [0.05, 0.1) is 0 Å². The summed E-state index contributed by atoms with van der Waals surface area (Å²) in [4.78, 5) is 23.5. The third kappa shape index (κ3) is 2.60. The van der Waals surface area contributed by atoms with Gasteiger partial charge in [-0.05, 0) is 37.1 Å². The van der Waals surface area contributed by atoms with Gasteiger partial charge in [0.2, 0.25) is 5.91 Å². The molecule has 0 fully saturated rings. The van der Waals surface area contributed by atoms with Crippen LogP contribution >= 0.6 is 0 Å². The maximum Gasteiger partial charge on any atom is 0.336 e. The highest BCUT2D eigenvalue weighted by Crippen LogP contribution is 2.25. The number of rotatable bonds is 2. The van der Waals surface area contributed by atoms with Crippen molar-refractivity contribution in [2.45, 2.75) is 19.9 Å². The number of carbonyl (C=O) groups is 1. The van der Waals surface area contributed by atoms with Crippen molar-refractivity contribution in [1.29, 1.82) is 0 Å². The van der Waals surface area contributed by atoms with Crippen molar-refractivity contribution in [3.05, 3.63) is 51.9 Å². The van der Waals surface area contributed by atoms with E-state index in [-0.39, 0.29) is 17.6 Å². The molecule has 2 aromatic rings. The maximum absolute atomic E-state index is 12.1. The highest BCUT2D eigenvalue weighted by Gasteiger charge is 2.18. The predicted octanol–water partition coefficient (Wildman–Crippen LogP) is 1.88. The molecule has 1 aromatic carbocycles. The molecule has 3 rings (SSSR count). The molecule has 1 aromatic heterocycles. The molecule has 1 aliphatic heterocycles. The number of amides is 1. The van der Waals surface area contributed by atoms with Crippen LogP contribution < -0.4 is 16.3 Å². The van der Waals surface area contributed by atoms with Crippen LogP contribution in [-0.2, 0) is 4.79 Å². The van der Waals surface area contributed by atoms with E-state index in [4.69, 9.17) is 4.42 Å². The van der Waals surface area contributed by atoms with Crippen molar-refractivity contribution in [1.82, 2.24) is 5.32 Å². The van der Waals surface area contributed by atoms with Gasteiger partial charge in [-0.15, -0.1) is 0 Å². The standard InChI is InChI=1S/C16H16N2O3/c1-9-7-15(19)21-14-6-10(2)13(8-11(9)14)18-16(20)12-4-3-5-17-12/h3-4,6-8,12,17H,5H2,1-2H3,(H,18,20). The monoisotopic (exact) mass is 284 g/mol. The fourth-order valence-corrected chi connectivity index (χ4v) is 2.46. The van der Waals surface area contributed by atoms with E-state index in [9.17, 15) is 9.59 Å². The van der Waals surface area contributed by atoms with Crippen LogP contribution in [-0.4, -0.2) is 18.5 Å². The number of hydrogen-bond acceptors (Lipinski definition) is 4. The van der Waals surface area contributed by atoms with Crippen LogP contribution in [0, 0.1) is 13.8 Å². The molecule has 108 valence electrons. The molecule has 0 saturated carbocycles. The second-order valence-electron chi connectivity index (χ2n) is 5.22. The summed E-state index contributed by atoms with van der Waals surface area (Å²) in [6.45, 7) is 4.43. The average Bonchev–Trinajstić information content (AvgIpc) is 2.94. The minimum absolute atomic E-state index is 0.0961. The molecule has 0 aliphatic carbocycles. The zero-order valence-corrected chi connectivity index (χ0v) is 11.9. The number of nitrogens with one attached hydrogen (secondary N) is 2. The Balaban J connectivity index is 1.99. The lowest BCUT2D eigenvalue weighted by Gasteiger charge is -2.13. The van der Waals surface area contributed by atoms with Gasteiger partial charge in [-0.2, -0.15) is 0 Å². The van der Waals surface area contributed by atoms with Crippen LogP contribution in [0.3, 0.4) is 0 Å². The first-order valence-corrected chi connectivity index (χ1v) is 6.80. The zero-order valence-electron chi connectivity index (χ0n) is 11.9. The van der Waals surface area contributed by atoms with Crippen molar-refractivity contribution in [2.75, 3.05) is 11.9 Å². The van der Waals surface area contributed by atoms with Crippen LogP contribution in [0.15, 0.2) is 39.6 Å². The number of hydrogen-bond donors (Lipinski definition) is 2. The fourth-order valence-electron chi connectivity index (χ4n) is 2.46. The molecule has 1 unspecified atom stereocenters. The lowest BCUT2D eigenvalue weighted by molar-refractivity contribution is -0.116. The minimum atomic E-state index is -0.364. The Morgan fingerprint density at radius 1 is 1.29 bits per heavy atom. The second kappa shape index (κ2) is 5.18. The molecule has 21 heavy (non-hydrogen) atoms. The summed E-state index contributed by atoms with van der Waals surface area (Å²) in [6, 6.07) is 4.77. The van der Waals surface area contributed by atoms with Crippen LogP contribution in [0.2, 0.25) is 0 Å². The van der Waals surface area contributed by atoms with Crippen LogP contribution in [0.5, 0.6) is 0 Å². The largest absolute Gasteiger partial charge is 0.423 e. The molecule has 5 nitrogen and oxygen atoms in total. The second-order valence-corrected chi connectivity index (χ2v) is 5.22. The van der Waals surface area contributed by atoms with Crippen molar-refractivity contribution in [2.24, 2.45) is 0 Å². The summed E-state index contributed by atoms with van der Waals surface area (Å²) >= 11 is 0. The van der Waals surface area contributed by atoms with E-state index in [2.05, 4.69) is 10.6 Å². The molecular formula is C16H16N2O3. The number of fused-ring (bicyclic) bond motifs is 1. The highest BCUT2D eigenvalue weighted by molar-refractivity contribution is 5.99. The summed E-state index contributed by atoms with van der Waals surface area (Å²) in [5.41, 5.74) is 2.58. The Morgan fingerprint density at radius 3 is 2.81 bits per heavy atom. The molecule has 1 aliphatic rings. The van der Waals surface area contributed by atoms with E-state index in [0.717, 1.165) is 22.2 Å². The number of aryl methyl sites for hydroxylation is 2. The van der Waals surface area contributed by atoms with Crippen LogP contribution in [0.1, 0.15) is 11.1 Å². The normalized spacial score (nSPS) is 17.3. The van der Waals surface area contributed by atoms with Gasteiger partial charge in [0, 0.05) is 23.7 Å². The van der Waals surface area contributed by atoms with Crippen molar-refractivity contribution in [3.8, 4) is 0 Å². The van der Waals surface area contributed by atoms with E-state index in [1.807, 2.05) is 32.1 Å². The van der Waals surface area contributed by atoms with Gasteiger partial charge in [-0.25, -0.2) is 4.79 Å². The smallest absolute Gasteiger partial charge is 0.336 e. The Bertz CT molecular complexity index is 805. The first-order valence-electron chi connectivity index (χ1n) is 6.80. The van der Waals surface area contributed by atoms with Gasteiger partial charge in [0.1, 0.15) is 11.6 Å². The van der Waals surface area contributed by atoms with Crippen LogP contribution in [0.25, 0.3) is 11.0 Å². The van der Waals surface area contributed by atoms with Crippen molar-refractivity contribution in [3.63, 3.8) is 0 Å². The number of benzene rings is 1. The van der Waals surface area contributed by atoms with E-state index < -0.39 is 0 Å². The third-order valence-electron chi connectivity index (χ3n) is 3.62. The molecule has 2 N–H and O–H groups in total. The summed E-state index contributed by atoms with van der Waals surface area (Å²) in [6.07, 6.45) is 3.77. The Kier molecular flexibility index (Phi) is 3.35. The molecule has 0 saturated heterocycles. The Hall–Kier alpha value is -2.40. The Labute approximate surface area is 121 Å². The summed E-state index contributed by atoms with van der Waals surface area (Å²) in [7, 11) is 0. The van der Waals surface area contributed by atoms with Gasteiger partial charge < -0.3 is 9.73 Å². The third-order valence-corrected chi connectivity index (χ3v) is 3.62. The summed E-state index contributed by atoms with van der Waals surface area (Å²) < 4.78 is 5.19. The van der Waals surface area contributed by atoms with Gasteiger partial charge >= 0.3 is 5.63 Å². The molecule has 1 amide bonds. The highest BCUT2D eigenvalue weighted by atomic mass is 16.4. The number of carbonyl (C=O) groups excluding carboxylic acids is 1. The minimum Gasteiger partial charge on any atom is -0.423 e. The fraction of sp³-hybridized carbons (Fsp3) is 0.250. The van der Waals surface area contributed by atoms with Crippen LogP contribution in [0.4, 0.5) is 5.69 Å². The first kappa shape index (κ1) is 13.6. The van der Waals surface area contributed by atoms with Gasteiger partial charge in [0.15, 0.2) is 0 Å². The summed E-state index contributed by atoms with van der Waals surface area (Å²) in [5.74, 6) is -0.0961. The lowest BCUT2D eigenvalue weighted by Crippen LogP contribution is -2.35. The Morgan fingerprint density at radius 2 is 2.10 bits per heavy atom. The molecule has 2 heterocycles. The van der Waals surface area contributed by atoms with E-state index in [1.54, 1.807) is 6.07 Å². The van der Waals surface area contributed by atoms with Gasteiger partial charge in [-0.1, -0.05) is 12.2 Å². The molecule has 1 atom stereocenters. The number of anilines is 1. The average molecular weight is 284 g/mol. The predicted molar refractivity (Wildman–Crippen MR) is 81.5 cm³/mol. The topological polar surface area (TPSA) is 71.3 Å². The maximum atomic E-state index is 12.1. The zero-order chi connectivity index (χ0) is 15.0. The van der Waals surface area contributed by atoms with Gasteiger partial charge in [0.25, 0.3) is 0 Å². The molecular weight excluding hydrogens is 268 g/mol. The quantitative estimate of drug-likeness (QED) is 0.652. The van der Waals surface area contributed by atoms with E-state index in [0.29, 0.717) is 12.1 Å².